The molecule has 1 aliphatic rings. The summed E-state index contributed by atoms with van der Waals surface area (Å²) in [4.78, 5) is 34.0. The van der Waals surface area contributed by atoms with Gasteiger partial charge < -0.3 is 24.8 Å². The fourth-order valence-electron chi connectivity index (χ4n) is 2.44. The first-order valence-corrected chi connectivity index (χ1v) is 6.99. The molecule has 1 aromatic carbocycles. The summed E-state index contributed by atoms with van der Waals surface area (Å²) >= 11 is 0. The second kappa shape index (κ2) is 5.92. The highest BCUT2D eigenvalue weighted by molar-refractivity contribution is 5.92. The van der Waals surface area contributed by atoms with Crippen molar-refractivity contribution in [2.45, 2.75) is 0 Å². The van der Waals surface area contributed by atoms with Crippen LogP contribution in [0.2, 0.25) is 0 Å². The Labute approximate surface area is 127 Å². The van der Waals surface area contributed by atoms with Crippen LogP contribution in [0.1, 0.15) is 0 Å². The van der Waals surface area contributed by atoms with E-state index in [2.05, 4.69) is 20.0 Å². The summed E-state index contributed by atoms with van der Waals surface area (Å²) in [6.07, 6.45) is 1.26. The Kier molecular flexibility index (Phi) is 3.82. The molecule has 8 nitrogen and oxygen atoms in total. The van der Waals surface area contributed by atoms with Crippen LogP contribution in [-0.4, -0.2) is 65.2 Å². The third kappa shape index (κ3) is 2.80. The van der Waals surface area contributed by atoms with Crippen molar-refractivity contribution >= 4 is 28.8 Å². The van der Waals surface area contributed by atoms with Gasteiger partial charge in [0.15, 0.2) is 0 Å². The normalized spacial score (nSPS) is 15.0. The average molecular weight is 303 g/mol. The van der Waals surface area contributed by atoms with Gasteiger partial charge in [0.05, 0.1) is 24.5 Å². The Morgan fingerprint density at radius 1 is 1.23 bits per heavy atom. The number of urea groups is 1. The van der Waals surface area contributed by atoms with Crippen LogP contribution in [0.5, 0.6) is 0 Å². The highest BCUT2D eigenvalue weighted by Gasteiger charge is 2.24. The number of methoxy groups -OCH3 is 1. The number of carbonyl (C=O) groups excluding carboxylic acids is 2. The van der Waals surface area contributed by atoms with Crippen molar-refractivity contribution in [3.63, 3.8) is 0 Å². The largest absolute Gasteiger partial charge is 0.453 e. The van der Waals surface area contributed by atoms with E-state index >= 15 is 0 Å². The van der Waals surface area contributed by atoms with E-state index in [0.29, 0.717) is 31.9 Å². The number of nitrogens with one attached hydrogen (secondary N) is 2. The first-order valence-electron chi connectivity index (χ1n) is 6.99. The minimum absolute atomic E-state index is 0.177. The monoisotopic (exact) mass is 303 g/mol. The van der Waals surface area contributed by atoms with Crippen LogP contribution < -0.4 is 5.32 Å². The van der Waals surface area contributed by atoms with Crippen molar-refractivity contribution < 1.29 is 14.3 Å². The summed E-state index contributed by atoms with van der Waals surface area (Å²) in [6.45, 7) is 1.90. The molecule has 0 radical (unpaired) electrons. The van der Waals surface area contributed by atoms with Crippen molar-refractivity contribution in [3.05, 3.63) is 24.5 Å². The molecule has 2 heterocycles. The molecule has 0 aliphatic carbocycles. The molecule has 0 spiro atoms. The van der Waals surface area contributed by atoms with E-state index in [-0.39, 0.29) is 12.1 Å². The molecule has 1 saturated heterocycles. The van der Waals surface area contributed by atoms with Gasteiger partial charge in [-0.25, -0.2) is 14.6 Å². The van der Waals surface area contributed by atoms with Crippen LogP contribution in [-0.2, 0) is 4.74 Å². The van der Waals surface area contributed by atoms with Crippen molar-refractivity contribution in [1.82, 2.24) is 19.8 Å². The Balaban J connectivity index is 1.59. The number of aromatic amines is 1. The van der Waals surface area contributed by atoms with Gasteiger partial charge in [-0.15, -0.1) is 0 Å². The second-order valence-electron chi connectivity index (χ2n) is 5.01. The van der Waals surface area contributed by atoms with Crippen molar-refractivity contribution in [2.24, 2.45) is 0 Å². The first kappa shape index (κ1) is 14.2. The molecule has 0 bridgehead atoms. The smallest absolute Gasteiger partial charge is 0.409 e. The Bertz CT molecular complexity index is 691. The number of rotatable bonds is 1. The van der Waals surface area contributed by atoms with E-state index in [0.717, 1.165) is 11.0 Å². The lowest BCUT2D eigenvalue weighted by Gasteiger charge is -2.33. The van der Waals surface area contributed by atoms with E-state index in [1.54, 1.807) is 16.1 Å². The average Bonchev–Trinajstić information content (AvgIpc) is 3.02. The molecule has 2 N–H and O–H groups in total. The topological polar surface area (TPSA) is 90.6 Å². The number of anilines is 1. The molecule has 1 fully saturated rings. The standard InChI is InChI=1S/C14H17N5O3/c1-22-14(21)19-6-4-18(5-7-19)13(20)17-10-2-3-11-12(8-10)16-9-15-11/h2-3,8-9H,4-7H2,1H3,(H,15,16)(H,17,20). The number of H-pyrrole nitrogens is 1. The number of nitrogens with zero attached hydrogens (tertiary/aromatic N) is 3. The van der Waals surface area contributed by atoms with Gasteiger partial charge in [0, 0.05) is 31.9 Å². The summed E-state index contributed by atoms with van der Waals surface area (Å²) in [6, 6.07) is 5.32. The van der Waals surface area contributed by atoms with Crippen LogP contribution in [0, 0.1) is 0 Å². The van der Waals surface area contributed by atoms with E-state index < -0.39 is 0 Å². The minimum Gasteiger partial charge on any atom is -0.453 e. The number of hydrogen-bond donors (Lipinski definition) is 2. The third-order valence-corrected chi connectivity index (χ3v) is 3.67. The highest BCUT2D eigenvalue weighted by Crippen LogP contribution is 2.16. The quantitative estimate of drug-likeness (QED) is 0.835. The predicted molar refractivity (Wildman–Crippen MR) is 80.7 cm³/mol. The molecular weight excluding hydrogens is 286 g/mol. The Morgan fingerprint density at radius 3 is 2.68 bits per heavy atom. The van der Waals surface area contributed by atoms with Gasteiger partial charge in [-0.3, -0.25) is 0 Å². The fourth-order valence-corrected chi connectivity index (χ4v) is 2.44. The summed E-state index contributed by atoms with van der Waals surface area (Å²) < 4.78 is 4.67. The molecule has 0 atom stereocenters. The summed E-state index contributed by atoms with van der Waals surface area (Å²) in [5, 5.41) is 2.86. The number of carbonyl (C=O) groups is 2. The van der Waals surface area contributed by atoms with Gasteiger partial charge in [-0.2, -0.15) is 0 Å². The van der Waals surface area contributed by atoms with Gasteiger partial charge in [-0.1, -0.05) is 0 Å². The summed E-state index contributed by atoms with van der Waals surface area (Å²) in [5.41, 5.74) is 2.43. The molecule has 3 amide bonds. The van der Waals surface area contributed by atoms with Crippen LogP contribution in [0.25, 0.3) is 11.0 Å². The second-order valence-corrected chi connectivity index (χ2v) is 5.01. The lowest BCUT2D eigenvalue weighted by Crippen LogP contribution is -2.51. The summed E-state index contributed by atoms with van der Waals surface area (Å²) in [5.74, 6) is 0. The van der Waals surface area contributed by atoms with Crippen molar-refractivity contribution in [3.8, 4) is 0 Å². The van der Waals surface area contributed by atoms with Crippen molar-refractivity contribution in [2.75, 3.05) is 38.6 Å². The third-order valence-electron chi connectivity index (χ3n) is 3.67. The molecule has 2 aromatic rings. The molecule has 22 heavy (non-hydrogen) atoms. The SMILES string of the molecule is COC(=O)N1CCN(C(=O)Nc2ccc3nc[nH]c3c2)CC1. The van der Waals surface area contributed by atoms with Crippen LogP contribution in [0.3, 0.4) is 0 Å². The lowest BCUT2D eigenvalue weighted by atomic mass is 10.3. The zero-order valence-electron chi connectivity index (χ0n) is 12.2. The number of piperazine rings is 1. The number of benzene rings is 1. The van der Waals surface area contributed by atoms with E-state index in [4.69, 9.17) is 0 Å². The zero-order valence-corrected chi connectivity index (χ0v) is 12.2. The maximum absolute atomic E-state index is 12.2. The maximum Gasteiger partial charge on any atom is 0.409 e. The number of hydrogen-bond acceptors (Lipinski definition) is 4. The van der Waals surface area contributed by atoms with E-state index in [1.807, 2.05) is 18.2 Å². The van der Waals surface area contributed by atoms with Gasteiger partial charge in [0.2, 0.25) is 0 Å². The molecule has 0 saturated carbocycles. The van der Waals surface area contributed by atoms with E-state index in [9.17, 15) is 9.59 Å². The number of fused-ring (bicyclic) bond motifs is 1. The summed E-state index contributed by atoms with van der Waals surface area (Å²) in [7, 11) is 1.35. The Morgan fingerprint density at radius 2 is 1.95 bits per heavy atom. The molecule has 0 unspecified atom stereocenters. The van der Waals surface area contributed by atoms with Gasteiger partial charge >= 0.3 is 12.1 Å². The molecule has 1 aromatic heterocycles. The lowest BCUT2D eigenvalue weighted by molar-refractivity contribution is 0.0993. The highest BCUT2D eigenvalue weighted by atomic mass is 16.5. The van der Waals surface area contributed by atoms with Crippen LogP contribution in [0.15, 0.2) is 24.5 Å². The predicted octanol–water partition coefficient (Wildman–Crippen LogP) is 1.48. The number of imidazole rings is 1. The minimum atomic E-state index is -0.357. The molecule has 3 rings (SSSR count). The van der Waals surface area contributed by atoms with E-state index in [1.165, 1.54) is 7.11 Å². The number of amides is 3. The molecular formula is C14H17N5O3. The molecule has 116 valence electrons. The Hall–Kier alpha value is -2.77. The molecule has 1 aliphatic heterocycles. The van der Waals surface area contributed by atoms with Crippen molar-refractivity contribution in [1.29, 1.82) is 0 Å². The van der Waals surface area contributed by atoms with Gasteiger partial charge in [0.25, 0.3) is 0 Å². The maximum atomic E-state index is 12.2. The zero-order chi connectivity index (χ0) is 15.5. The van der Waals surface area contributed by atoms with Crippen LogP contribution >= 0.6 is 0 Å². The van der Waals surface area contributed by atoms with Gasteiger partial charge in [0.1, 0.15) is 0 Å². The number of aromatic nitrogens is 2. The molecule has 8 heteroatoms. The van der Waals surface area contributed by atoms with Gasteiger partial charge in [-0.05, 0) is 18.2 Å². The first-order chi connectivity index (χ1) is 10.7. The van der Waals surface area contributed by atoms with Crippen LogP contribution in [0.4, 0.5) is 15.3 Å². The number of ether oxygens (including phenoxy) is 1. The fraction of sp³-hybridized carbons (Fsp3) is 0.357.